The monoisotopic (exact) mass is 279 g/mol. The van der Waals surface area contributed by atoms with E-state index in [2.05, 4.69) is 5.32 Å². The molecule has 1 aromatic carbocycles. The van der Waals surface area contributed by atoms with Gasteiger partial charge in [-0.25, -0.2) is 0 Å². The van der Waals surface area contributed by atoms with Crippen LogP contribution in [-0.2, 0) is 16.0 Å². The molecule has 7 nitrogen and oxygen atoms in total. The standard InChI is InChI=1S/C13H17N3O4/c1-8(2)13(18)15-10(12(14)17)7-9-5-3-4-6-11(9)16(19)20/h3-6,8,10H,7H2,1-2H3,(H2,14,17)(H,15,18)/t10-/m1/s1. The van der Waals surface area contributed by atoms with Crippen LogP contribution in [0.3, 0.4) is 0 Å². The summed E-state index contributed by atoms with van der Waals surface area (Å²) >= 11 is 0. The topological polar surface area (TPSA) is 115 Å². The normalized spacial score (nSPS) is 11.9. The number of para-hydroxylation sites is 1. The van der Waals surface area contributed by atoms with Crippen molar-refractivity contribution >= 4 is 17.5 Å². The molecule has 7 heteroatoms. The molecule has 0 unspecified atom stereocenters. The van der Waals surface area contributed by atoms with Crippen molar-refractivity contribution in [2.45, 2.75) is 26.3 Å². The van der Waals surface area contributed by atoms with Crippen molar-refractivity contribution in [3.05, 3.63) is 39.9 Å². The second-order valence-electron chi connectivity index (χ2n) is 4.71. The van der Waals surface area contributed by atoms with E-state index in [0.717, 1.165) is 0 Å². The van der Waals surface area contributed by atoms with E-state index in [4.69, 9.17) is 5.73 Å². The summed E-state index contributed by atoms with van der Waals surface area (Å²) in [7, 11) is 0. The maximum absolute atomic E-state index is 11.6. The van der Waals surface area contributed by atoms with Crippen LogP contribution in [0.5, 0.6) is 0 Å². The minimum Gasteiger partial charge on any atom is -0.368 e. The Morgan fingerprint density at radius 1 is 1.35 bits per heavy atom. The first kappa shape index (κ1) is 15.6. The van der Waals surface area contributed by atoms with Gasteiger partial charge in [-0.15, -0.1) is 0 Å². The summed E-state index contributed by atoms with van der Waals surface area (Å²) in [6.45, 7) is 3.36. The Bertz CT molecular complexity index is 528. The fourth-order valence-corrected chi connectivity index (χ4v) is 1.64. The smallest absolute Gasteiger partial charge is 0.272 e. The number of nitro groups is 1. The lowest BCUT2D eigenvalue weighted by Crippen LogP contribution is -2.47. The van der Waals surface area contributed by atoms with Crippen molar-refractivity contribution in [1.82, 2.24) is 5.32 Å². The first-order chi connectivity index (χ1) is 9.32. The van der Waals surface area contributed by atoms with Crippen molar-refractivity contribution in [2.24, 2.45) is 11.7 Å². The molecule has 0 saturated heterocycles. The molecular formula is C13H17N3O4. The Morgan fingerprint density at radius 2 is 1.95 bits per heavy atom. The molecule has 0 radical (unpaired) electrons. The molecule has 2 amide bonds. The van der Waals surface area contributed by atoms with E-state index < -0.39 is 16.9 Å². The Hall–Kier alpha value is -2.44. The van der Waals surface area contributed by atoms with Crippen LogP contribution in [0, 0.1) is 16.0 Å². The van der Waals surface area contributed by atoms with Gasteiger partial charge in [0.15, 0.2) is 0 Å². The Morgan fingerprint density at radius 3 is 2.45 bits per heavy atom. The average Bonchev–Trinajstić information content (AvgIpc) is 2.37. The van der Waals surface area contributed by atoms with E-state index >= 15 is 0 Å². The van der Waals surface area contributed by atoms with Crippen molar-refractivity contribution in [1.29, 1.82) is 0 Å². The van der Waals surface area contributed by atoms with Gasteiger partial charge in [-0.2, -0.15) is 0 Å². The quantitative estimate of drug-likeness (QED) is 0.590. The van der Waals surface area contributed by atoms with Crippen LogP contribution in [0.1, 0.15) is 19.4 Å². The van der Waals surface area contributed by atoms with E-state index in [1.807, 2.05) is 0 Å². The molecule has 0 bridgehead atoms. The number of benzene rings is 1. The second kappa shape index (κ2) is 6.65. The van der Waals surface area contributed by atoms with Gasteiger partial charge in [0.2, 0.25) is 11.8 Å². The predicted molar refractivity (Wildman–Crippen MR) is 72.8 cm³/mol. The third-order valence-electron chi connectivity index (χ3n) is 2.80. The van der Waals surface area contributed by atoms with E-state index in [1.165, 1.54) is 18.2 Å². The number of carbonyl (C=O) groups excluding carboxylic acids is 2. The third kappa shape index (κ3) is 4.04. The summed E-state index contributed by atoms with van der Waals surface area (Å²) < 4.78 is 0. The highest BCUT2D eigenvalue weighted by molar-refractivity contribution is 5.87. The number of nitrogens with zero attached hydrogens (tertiary/aromatic N) is 1. The number of nitro benzene ring substituents is 1. The van der Waals surface area contributed by atoms with E-state index in [1.54, 1.807) is 19.9 Å². The van der Waals surface area contributed by atoms with Crippen molar-refractivity contribution in [3.63, 3.8) is 0 Å². The maximum atomic E-state index is 11.6. The summed E-state index contributed by atoms with van der Waals surface area (Å²) in [6, 6.07) is 5.08. The van der Waals surface area contributed by atoms with Gasteiger partial charge in [0, 0.05) is 24.0 Å². The zero-order chi connectivity index (χ0) is 15.3. The summed E-state index contributed by atoms with van der Waals surface area (Å²) in [5, 5.41) is 13.4. The van der Waals surface area contributed by atoms with Crippen molar-refractivity contribution in [2.75, 3.05) is 0 Å². The Kier molecular flexibility index (Phi) is 5.19. The lowest BCUT2D eigenvalue weighted by atomic mass is 10.0. The van der Waals surface area contributed by atoms with Gasteiger partial charge in [0.1, 0.15) is 6.04 Å². The van der Waals surface area contributed by atoms with Crippen LogP contribution in [0.2, 0.25) is 0 Å². The molecule has 108 valence electrons. The fraction of sp³-hybridized carbons (Fsp3) is 0.385. The third-order valence-corrected chi connectivity index (χ3v) is 2.80. The highest BCUT2D eigenvalue weighted by atomic mass is 16.6. The molecule has 20 heavy (non-hydrogen) atoms. The lowest BCUT2D eigenvalue weighted by Gasteiger charge is -2.17. The van der Waals surface area contributed by atoms with Crippen LogP contribution < -0.4 is 11.1 Å². The minimum absolute atomic E-state index is 0.00898. The summed E-state index contributed by atoms with van der Waals surface area (Å²) in [5.41, 5.74) is 5.49. The number of carbonyl (C=O) groups is 2. The van der Waals surface area contributed by atoms with Crippen LogP contribution >= 0.6 is 0 Å². The number of nitrogens with two attached hydrogens (primary N) is 1. The lowest BCUT2D eigenvalue weighted by molar-refractivity contribution is -0.385. The maximum Gasteiger partial charge on any atom is 0.272 e. The molecule has 3 N–H and O–H groups in total. The van der Waals surface area contributed by atoms with Crippen LogP contribution in [0.4, 0.5) is 5.69 Å². The summed E-state index contributed by atoms with van der Waals surface area (Å²) in [4.78, 5) is 33.4. The van der Waals surface area contributed by atoms with Crippen LogP contribution in [-0.4, -0.2) is 22.8 Å². The van der Waals surface area contributed by atoms with Gasteiger partial charge >= 0.3 is 0 Å². The second-order valence-corrected chi connectivity index (χ2v) is 4.71. The highest BCUT2D eigenvalue weighted by Gasteiger charge is 2.23. The molecule has 0 aromatic heterocycles. The molecule has 1 aromatic rings. The summed E-state index contributed by atoms with van der Waals surface area (Å²) in [5.74, 6) is -1.35. The molecule has 0 saturated carbocycles. The molecule has 0 spiro atoms. The van der Waals surface area contributed by atoms with E-state index in [0.29, 0.717) is 5.56 Å². The van der Waals surface area contributed by atoms with Gasteiger partial charge in [-0.1, -0.05) is 32.0 Å². The van der Waals surface area contributed by atoms with Crippen LogP contribution in [0.25, 0.3) is 0 Å². The molecule has 1 rings (SSSR count). The molecular weight excluding hydrogens is 262 g/mol. The zero-order valence-corrected chi connectivity index (χ0v) is 11.3. The largest absolute Gasteiger partial charge is 0.368 e. The Balaban J connectivity index is 2.94. The SMILES string of the molecule is CC(C)C(=O)N[C@H](Cc1ccccc1[N+](=O)[O-])C(N)=O. The minimum atomic E-state index is -0.967. The first-order valence-electron chi connectivity index (χ1n) is 6.15. The van der Waals surface area contributed by atoms with Crippen LogP contribution in [0.15, 0.2) is 24.3 Å². The number of rotatable bonds is 6. The molecule has 0 fully saturated rings. The average molecular weight is 279 g/mol. The van der Waals surface area contributed by atoms with Crippen molar-refractivity contribution < 1.29 is 14.5 Å². The van der Waals surface area contributed by atoms with Gasteiger partial charge in [0.25, 0.3) is 5.69 Å². The Labute approximate surface area is 116 Å². The van der Waals surface area contributed by atoms with Gasteiger partial charge in [-0.3, -0.25) is 19.7 Å². The predicted octanol–water partition coefficient (Wildman–Crippen LogP) is 0.763. The number of amides is 2. The molecule has 0 aliphatic rings. The van der Waals surface area contributed by atoms with Gasteiger partial charge in [-0.05, 0) is 0 Å². The fourth-order valence-electron chi connectivity index (χ4n) is 1.64. The van der Waals surface area contributed by atoms with E-state index in [9.17, 15) is 19.7 Å². The number of nitrogens with one attached hydrogen (secondary N) is 1. The van der Waals surface area contributed by atoms with Crippen molar-refractivity contribution in [3.8, 4) is 0 Å². The number of hydrogen-bond acceptors (Lipinski definition) is 4. The number of primary amides is 1. The summed E-state index contributed by atoms with van der Waals surface area (Å²) in [6.07, 6.45) is -0.00898. The number of hydrogen-bond donors (Lipinski definition) is 2. The molecule has 0 heterocycles. The zero-order valence-electron chi connectivity index (χ0n) is 11.3. The van der Waals surface area contributed by atoms with Gasteiger partial charge in [0.05, 0.1) is 4.92 Å². The highest BCUT2D eigenvalue weighted by Crippen LogP contribution is 2.19. The van der Waals surface area contributed by atoms with Gasteiger partial charge < -0.3 is 11.1 Å². The van der Waals surface area contributed by atoms with E-state index in [-0.39, 0.29) is 23.9 Å². The first-order valence-corrected chi connectivity index (χ1v) is 6.15. The molecule has 0 aliphatic carbocycles. The molecule has 0 aliphatic heterocycles. The molecule has 1 atom stereocenters.